The monoisotopic (exact) mass is 798 g/mol. The van der Waals surface area contributed by atoms with Gasteiger partial charge in [-0.2, -0.15) is 5.10 Å². The standard InChI is InChI=1S/C41H54N10O7/c1-7-51-32(20-26(2)48-51)38(54)47-39-46-31-23-28(37(43)53)24-34(56-6)36(31)50(39)16-9-8-14-44-35-30(42)21-27(25-52)22-33(35)57-19-11-10-15-49-17-12-29(13-18-49)45-40(55)58-41(3,4)5/h8-11,20-25,29,44H,7,12-19,42H2,1-6H3,(H2,43,53)(H,45,55)(H,46,47,54)/b9-8+,11-10+. The molecular weight excluding hydrogens is 745 g/mol. The van der Waals surface area contributed by atoms with Gasteiger partial charge in [0.05, 0.1) is 24.0 Å². The van der Waals surface area contributed by atoms with Crippen molar-refractivity contribution < 1.29 is 33.4 Å². The van der Waals surface area contributed by atoms with Crippen molar-refractivity contribution in [3.8, 4) is 11.5 Å². The Labute approximate surface area is 337 Å². The van der Waals surface area contributed by atoms with Crippen LogP contribution in [0.4, 0.5) is 22.1 Å². The molecule has 1 aliphatic rings. The van der Waals surface area contributed by atoms with Crippen LogP contribution in [0.5, 0.6) is 11.5 Å². The largest absolute Gasteiger partial charge is 0.494 e. The summed E-state index contributed by atoms with van der Waals surface area (Å²) in [4.78, 5) is 56.3. The van der Waals surface area contributed by atoms with Gasteiger partial charge in [-0.05, 0) is 77.8 Å². The fourth-order valence-corrected chi connectivity index (χ4v) is 6.55. The molecule has 4 aromatic rings. The van der Waals surface area contributed by atoms with Crippen LogP contribution < -0.4 is 36.9 Å². The first-order chi connectivity index (χ1) is 27.7. The second kappa shape index (κ2) is 19.2. The van der Waals surface area contributed by atoms with Crippen LogP contribution in [-0.2, 0) is 17.8 Å². The van der Waals surface area contributed by atoms with Crippen molar-refractivity contribution in [2.75, 3.05) is 56.3 Å². The molecule has 0 saturated carbocycles. The number of carbonyl (C=O) groups is 4. The average Bonchev–Trinajstić information content (AvgIpc) is 3.73. The molecule has 3 heterocycles. The number of rotatable bonds is 17. The fraction of sp³-hybridized carbons (Fsp3) is 0.415. The molecule has 5 rings (SSSR count). The van der Waals surface area contributed by atoms with Crippen molar-refractivity contribution in [3.05, 3.63) is 77.2 Å². The van der Waals surface area contributed by atoms with Gasteiger partial charge in [0.25, 0.3) is 5.91 Å². The zero-order valence-corrected chi connectivity index (χ0v) is 34.0. The molecule has 0 unspecified atom stereocenters. The molecule has 7 N–H and O–H groups in total. The molecule has 58 heavy (non-hydrogen) atoms. The van der Waals surface area contributed by atoms with E-state index in [1.165, 1.54) is 13.2 Å². The number of aldehydes is 1. The molecule has 1 saturated heterocycles. The average molecular weight is 799 g/mol. The number of carbonyl (C=O) groups excluding carboxylic acids is 4. The number of fused-ring (bicyclic) bond motifs is 1. The Morgan fingerprint density at radius 1 is 1.00 bits per heavy atom. The third kappa shape index (κ3) is 11.1. The number of allylic oxidation sites excluding steroid dienone is 1. The summed E-state index contributed by atoms with van der Waals surface area (Å²) in [5.74, 6) is -0.0233. The van der Waals surface area contributed by atoms with E-state index in [0.29, 0.717) is 70.2 Å². The highest BCUT2D eigenvalue weighted by atomic mass is 16.6. The third-order valence-electron chi connectivity index (χ3n) is 9.29. The van der Waals surface area contributed by atoms with Gasteiger partial charge >= 0.3 is 6.09 Å². The molecule has 17 heteroatoms. The Morgan fingerprint density at radius 3 is 2.41 bits per heavy atom. The number of benzene rings is 2. The third-order valence-corrected chi connectivity index (χ3v) is 9.29. The van der Waals surface area contributed by atoms with Crippen LogP contribution in [0.15, 0.2) is 54.6 Å². The summed E-state index contributed by atoms with van der Waals surface area (Å²) in [5, 5.41) is 13.5. The molecule has 1 aliphatic heterocycles. The minimum Gasteiger partial charge on any atom is -0.494 e. The Morgan fingerprint density at radius 2 is 1.74 bits per heavy atom. The van der Waals surface area contributed by atoms with Gasteiger partial charge < -0.3 is 40.9 Å². The van der Waals surface area contributed by atoms with Crippen molar-refractivity contribution in [1.29, 1.82) is 0 Å². The first-order valence-corrected chi connectivity index (χ1v) is 19.2. The number of aryl methyl sites for hydroxylation is 2. The van der Waals surface area contributed by atoms with E-state index in [9.17, 15) is 19.2 Å². The maximum Gasteiger partial charge on any atom is 0.407 e. The lowest BCUT2D eigenvalue weighted by Crippen LogP contribution is -2.46. The van der Waals surface area contributed by atoms with Gasteiger partial charge in [-0.15, -0.1) is 0 Å². The van der Waals surface area contributed by atoms with Crippen molar-refractivity contribution in [3.63, 3.8) is 0 Å². The van der Waals surface area contributed by atoms with Gasteiger partial charge in [-0.1, -0.05) is 24.3 Å². The van der Waals surface area contributed by atoms with Gasteiger partial charge in [0.2, 0.25) is 11.9 Å². The van der Waals surface area contributed by atoms with Crippen LogP contribution in [0.25, 0.3) is 11.0 Å². The summed E-state index contributed by atoms with van der Waals surface area (Å²) in [5.41, 5.74) is 14.9. The van der Waals surface area contributed by atoms with Gasteiger partial charge in [-0.3, -0.25) is 29.3 Å². The predicted molar refractivity (Wildman–Crippen MR) is 223 cm³/mol. The van der Waals surface area contributed by atoms with Crippen LogP contribution >= 0.6 is 0 Å². The molecule has 0 atom stereocenters. The van der Waals surface area contributed by atoms with E-state index in [-0.39, 0.29) is 36.8 Å². The summed E-state index contributed by atoms with van der Waals surface area (Å²) in [6.07, 6.45) is 9.70. The minimum atomic E-state index is -0.642. The zero-order chi connectivity index (χ0) is 42.0. The summed E-state index contributed by atoms with van der Waals surface area (Å²) in [6, 6.07) is 8.08. The van der Waals surface area contributed by atoms with Gasteiger partial charge in [0.1, 0.15) is 46.9 Å². The number of imidazole rings is 1. The number of nitrogen functional groups attached to an aromatic ring is 1. The maximum absolute atomic E-state index is 13.4. The number of ether oxygens (including phenoxy) is 3. The number of alkyl carbamates (subject to hydrolysis) is 1. The van der Waals surface area contributed by atoms with Crippen LogP contribution in [0.2, 0.25) is 0 Å². The Balaban J connectivity index is 1.22. The quantitative estimate of drug-likeness (QED) is 0.0546. The van der Waals surface area contributed by atoms with Gasteiger partial charge in [0.15, 0.2) is 0 Å². The number of hydrogen-bond acceptors (Lipinski definition) is 12. The minimum absolute atomic E-state index is 0.0826. The summed E-state index contributed by atoms with van der Waals surface area (Å²) in [7, 11) is 1.48. The molecule has 2 aromatic carbocycles. The van der Waals surface area contributed by atoms with Crippen LogP contribution in [-0.4, -0.2) is 100.0 Å². The fourth-order valence-electron chi connectivity index (χ4n) is 6.55. The summed E-state index contributed by atoms with van der Waals surface area (Å²) < 4.78 is 20.5. The van der Waals surface area contributed by atoms with Crippen LogP contribution in [0.1, 0.15) is 77.4 Å². The predicted octanol–water partition coefficient (Wildman–Crippen LogP) is 4.91. The Kier molecular flexibility index (Phi) is 14.2. The second-order valence-corrected chi connectivity index (χ2v) is 14.9. The molecule has 310 valence electrons. The lowest BCUT2D eigenvalue weighted by Gasteiger charge is -2.32. The van der Waals surface area contributed by atoms with E-state index in [0.717, 1.165) is 32.5 Å². The second-order valence-electron chi connectivity index (χ2n) is 14.9. The SMILES string of the molecule is CCn1nc(C)cc1C(=O)Nc1nc2cc(C(N)=O)cc(OC)c2n1C/C=C/CNc1c(N)cc(C=O)cc1OC/C=C/CN1CCC(NC(=O)OC(C)(C)C)CC1. The number of anilines is 3. The van der Waals surface area contributed by atoms with Crippen molar-refractivity contribution in [1.82, 2.24) is 29.5 Å². The van der Waals surface area contributed by atoms with Gasteiger partial charge in [-0.25, -0.2) is 9.78 Å². The lowest BCUT2D eigenvalue weighted by atomic mass is 10.1. The highest BCUT2D eigenvalue weighted by molar-refractivity contribution is 6.04. The van der Waals surface area contributed by atoms with Crippen LogP contribution in [0.3, 0.4) is 0 Å². The normalized spacial score (nSPS) is 13.9. The molecule has 17 nitrogen and oxygen atoms in total. The molecule has 2 aromatic heterocycles. The number of aromatic nitrogens is 4. The number of nitrogens with one attached hydrogen (secondary N) is 3. The topological polar surface area (TPSA) is 223 Å². The van der Waals surface area contributed by atoms with E-state index < -0.39 is 17.4 Å². The van der Waals surface area contributed by atoms with Crippen molar-refractivity contribution >= 4 is 52.6 Å². The number of hydrogen-bond donors (Lipinski definition) is 5. The molecular formula is C41H54N10O7. The van der Waals surface area contributed by atoms with E-state index in [2.05, 4.69) is 30.9 Å². The van der Waals surface area contributed by atoms with E-state index in [1.54, 1.807) is 33.5 Å². The van der Waals surface area contributed by atoms with Crippen molar-refractivity contribution in [2.45, 2.75) is 72.2 Å². The van der Waals surface area contributed by atoms with Gasteiger partial charge in [0, 0.05) is 56.4 Å². The first kappa shape index (κ1) is 42.8. The summed E-state index contributed by atoms with van der Waals surface area (Å²) in [6.45, 7) is 13.0. The lowest BCUT2D eigenvalue weighted by molar-refractivity contribution is 0.0480. The molecule has 0 radical (unpaired) electrons. The van der Waals surface area contributed by atoms with E-state index >= 15 is 0 Å². The number of primary amides is 1. The Hall–Kier alpha value is -6.36. The van der Waals surface area contributed by atoms with Crippen LogP contribution in [0, 0.1) is 6.92 Å². The number of nitrogens with two attached hydrogens (primary N) is 2. The Bertz CT molecular complexity index is 2170. The number of amides is 3. The zero-order valence-electron chi connectivity index (χ0n) is 34.0. The molecule has 0 spiro atoms. The highest BCUT2D eigenvalue weighted by Crippen LogP contribution is 2.33. The van der Waals surface area contributed by atoms with Crippen molar-refractivity contribution in [2.24, 2.45) is 5.73 Å². The summed E-state index contributed by atoms with van der Waals surface area (Å²) >= 11 is 0. The molecule has 0 bridgehead atoms. The molecule has 1 fully saturated rings. The number of methoxy groups -OCH3 is 1. The first-order valence-electron chi connectivity index (χ1n) is 19.2. The molecule has 0 aliphatic carbocycles. The number of likely N-dealkylation sites (tertiary alicyclic amines) is 1. The number of piperidine rings is 1. The smallest absolute Gasteiger partial charge is 0.407 e. The maximum atomic E-state index is 13.4. The van der Waals surface area contributed by atoms with E-state index in [1.807, 2.05) is 58.9 Å². The molecule has 3 amide bonds. The van der Waals surface area contributed by atoms with E-state index in [4.69, 9.17) is 25.7 Å². The number of nitrogens with zero attached hydrogens (tertiary/aromatic N) is 5. The highest BCUT2D eigenvalue weighted by Gasteiger charge is 2.24.